The summed E-state index contributed by atoms with van der Waals surface area (Å²) in [6.07, 6.45) is -0.889. The summed E-state index contributed by atoms with van der Waals surface area (Å²) in [5.41, 5.74) is 2.87. The molecule has 3 rings (SSSR count). The molecule has 1 atom stereocenters. The number of anilines is 2. The Balaban J connectivity index is 1.87. The molecular formula is C18H18N2O4. The number of carbonyl (C=O) groups is 2. The molecule has 2 aromatic carbocycles. The molecule has 2 amide bonds. The van der Waals surface area contributed by atoms with E-state index in [1.165, 1.54) is 0 Å². The zero-order chi connectivity index (χ0) is 17.3. The van der Waals surface area contributed by atoms with Gasteiger partial charge < -0.3 is 15.5 Å². The molecule has 0 aliphatic carbocycles. The Bertz CT molecular complexity index is 786. The minimum absolute atomic E-state index is 0.152. The van der Waals surface area contributed by atoms with E-state index in [1.807, 2.05) is 19.1 Å². The van der Waals surface area contributed by atoms with Crippen molar-refractivity contribution < 1.29 is 19.8 Å². The van der Waals surface area contributed by atoms with Gasteiger partial charge >= 0.3 is 0 Å². The number of hydrogen-bond donors (Lipinski definition) is 3. The second-order valence-electron chi connectivity index (χ2n) is 5.76. The molecule has 2 aromatic rings. The van der Waals surface area contributed by atoms with Crippen molar-refractivity contribution in [1.82, 2.24) is 0 Å². The van der Waals surface area contributed by atoms with Crippen molar-refractivity contribution in [2.75, 3.05) is 23.4 Å². The zero-order valence-corrected chi connectivity index (χ0v) is 13.2. The molecule has 1 heterocycles. The first-order valence-electron chi connectivity index (χ1n) is 7.63. The van der Waals surface area contributed by atoms with Crippen molar-refractivity contribution in [3.8, 4) is 0 Å². The quantitative estimate of drug-likeness (QED) is 0.726. The van der Waals surface area contributed by atoms with Crippen LogP contribution >= 0.6 is 0 Å². The van der Waals surface area contributed by atoms with Crippen LogP contribution in [0.5, 0.6) is 0 Å². The number of benzene rings is 2. The van der Waals surface area contributed by atoms with Crippen LogP contribution in [-0.4, -0.2) is 41.3 Å². The maximum Gasteiger partial charge on any atom is 0.266 e. The van der Waals surface area contributed by atoms with Gasteiger partial charge in [0.25, 0.3) is 11.8 Å². The second-order valence-corrected chi connectivity index (χ2v) is 5.76. The molecule has 0 saturated carbocycles. The van der Waals surface area contributed by atoms with Gasteiger partial charge in [0.05, 0.1) is 29.5 Å². The fourth-order valence-corrected chi connectivity index (χ4v) is 2.58. The monoisotopic (exact) mass is 326 g/mol. The predicted molar refractivity (Wildman–Crippen MR) is 90.3 cm³/mol. The zero-order valence-electron chi connectivity index (χ0n) is 13.2. The summed E-state index contributed by atoms with van der Waals surface area (Å²) in [6.45, 7) is 1.74. The van der Waals surface area contributed by atoms with Crippen LogP contribution in [0.4, 0.5) is 11.4 Å². The van der Waals surface area contributed by atoms with Gasteiger partial charge in [-0.1, -0.05) is 17.7 Å². The standard InChI is InChI=1S/C18H18N2O4/c1-11-2-5-13(6-3-11)20-17(23)15-7-4-12(8-16(15)18(20)24)19-9-14(22)10-21/h2-8,14,19,21-22H,9-10H2,1H3. The van der Waals surface area contributed by atoms with Crippen LogP contribution < -0.4 is 10.2 Å². The smallest absolute Gasteiger partial charge is 0.266 e. The number of fused-ring (bicyclic) bond motifs is 1. The number of nitrogens with zero attached hydrogens (tertiary/aromatic N) is 1. The molecule has 1 unspecified atom stereocenters. The molecule has 1 aliphatic heterocycles. The number of aryl methyl sites for hydroxylation is 1. The van der Waals surface area contributed by atoms with E-state index in [4.69, 9.17) is 5.11 Å². The van der Waals surface area contributed by atoms with Gasteiger partial charge in [-0.3, -0.25) is 9.59 Å². The number of amides is 2. The van der Waals surface area contributed by atoms with Crippen LogP contribution in [0.25, 0.3) is 0 Å². The molecular weight excluding hydrogens is 308 g/mol. The van der Waals surface area contributed by atoms with Gasteiger partial charge in [0.1, 0.15) is 0 Å². The van der Waals surface area contributed by atoms with E-state index in [9.17, 15) is 14.7 Å². The third-order valence-electron chi connectivity index (χ3n) is 3.93. The summed E-state index contributed by atoms with van der Waals surface area (Å²) in [6, 6.07) is 12.0. The van der Waals surface area contributed by atoms with Gasteiger partial charge in [-0.15, -0.1) is 0 Å². The highest BCUT2D eigenvalue weighted by Crippen LogP contribution is 2.30. The summed E-state index contributed by atoms with van der Waals surface area (Å²) >= 11 is 0. The first-order chi connectivity index (χ1) is 11.5. The maximum atomic E-state index is 12.6. The molecule has 124 valence electrons. The number of aliphatic hydroxyl groups is 2. The lowest BCUT2D eigenvalue weighted by Crippen LogP contribution is -2.29. The SMILES string of the molecule is Cc1ccc(N2C(=O)c3ccc(NCC(O)CO)cc3C2=O)cc1. The minimum Gasteiger partial charge on any atom is -0.394 e. The summed E-state index contributed by atoms with van der Waals surface area (Å²) < 4.78 is 0. The van der Waals surface area contributed by atoms with E-state index in [-0.39, 0.29) is 25.0 Å². The summed E-state index contributed by atoms with van der Waals surface area (Å²) in [5.74, 6) is -0.717. The van der Waals surface area contributed by atoms with E-state index < -0.39 is 6.10 Å². The van der Waals surface area contributed by atoms with Crippen molar-refractivity contribution in [2.24, 2.45) is 0 Å². The summed E-state index contributed by atoms with van der Waals surface area (Å²) in [7, 11) is 0. The highest BCUT2D eigenvalue weighted by atomic mass is 16.3. The van der Waals surface area contributed by atoms with Crippen LogP contribution in [0, 0.1) is 6.92 Å². The van der Waals surface area contributed by atoms with Crippen molar-refractivity contribution >= 4 is 23.2 Å². The number of nitrogens with one attached hydrogen (secondary N) is 1. The highest BCUT2D eigenvalue weighted by molar-refractivity contribution is 6.34. The third-order valence-corrected chi connectivity index (χ3v) is 3.93. The van der Waals surface area contributed by atoms with Crippen molar-refractivity contribution in [3.63, 3.8) is 0 Å². The third kappa shape index (κ3) is 2.89. The Morgan fingerprint density at radius 2 is 1.71 bits per heavy atom. The van der Waals surface area contributed by atoms with E-state index in [0.29, 0.717) is 22.5 Å². The van der Waals surface area contributed by atoms with E-state index in [2.05, 4.69) is 5.32 Å². The Morgan fingerprint density at radius 3 is 2.38 bits per heavy atom. The molecule has 1 aliphatic rings. The maximum absolute atomic E-state index is 12.6. The predicted octanol–water partition coefficient (Wildman–Crippen LogP) is 1.56. The molecule has 0 fully saturated rings. The Labute approximate surface area is 139 Å². The molecule has 3 N–H and O–H groups in total. The van der Waals surface area contributed by atoms with E-state index in [1.54, 1.807) is 30.3 Å². The lowest BCUT2D eigenvalue weighted by atomic mass is 10.1. The normalized spacial score (nSPS) is 14.7. The van der Waals surface area contributed by atoms with Gasteiger partial charge in [-0.05, 0) is 37.3 Å². The number of rotatable bonds is 5. The Kier molecular flexibility index (Phi) is 4.33. The van der Waals surface area contributed by atoms with Crippen molar-refractivity contribution in [2.45, 2.75) is 13.0 Å². The van der Waals surface area contributed by atoms with Crippen LogP contribution in [-0.2, 0) is 0 Å². The Morgan fingerprint density at radius 1 is 1.04 bits per heavy atom. The van der Waals surface area contributed by atoms with Gasteiger partial charge in [0.15, 0.2) is 0 Å². The molecule has 0 radical (unpaired) electrons. The Hall–Kier alpha value is -2.70. The molecule has 0 saturated heterocycles. The van der Waals surface area contributed by atoms with E-state index >= 15 is 0 Å². The van der Waals surface area contributed by atoms with E-state index in [0.717, 1.165) is 10.5 Å². The molecule has 0 spiro atoms. The largest absolute Gasteiger partial charge is 0.394 e. The minimum atomic E-state index is -0.889. The number of carbonyl (C=O) groups excluding carboxylic acids is 2. The highest BCUT2D eigenvalue weighted by Gasteiger charge is 2.36. The average molecular weight is 326 g/mol. The number of imide groups is 1. The first-order valence-corrected chi connectivity index (χ1v) is 7.63. The van der Waals surface area contributed by atoms with Gasteiger partial charge in [-0.25, -0.2) is 4.90 Å². The van der Waals surface area contributed by atoms with Crippen LogP contribution in [0.15, 0.2) is 42.5 Å². The summed E-state index contributed by atoms with van der Waals surface area (Å²) in [4.78, 5) is 26.3. The second kappa shape index (κ2) is 6.43. The van der Waals surface area contributed by atoms with Crippen molar-refractivity contribution in [1.29, 1.82) is 0 Å². The molecule has 0 bridgehead atoms. The van der Waals surface area contributed by atoms with Crippen molar-refractivity contribution in [3.05, 3.63) is 59.2 Å². The number of hydrogen-bond acceptors (Lipinski definition) is 5. The van der Waals surface area contributed by atoms with Gasteiger partial charge in [0, 0.05) is 12.2 Å². The lowest BCUT2D eigenvalue weighted by molar-refractivity contribution is 0.0926. The fraction of sp³-hybridized carbons (Fsp3) is 0.222. The number of aliphatic hydroxyl groups excluding tert-OH is 2. The lowest BCUT2D eigenvalue weighted by Gasteiger charge is -2.13. The van der Waals surface area contributed by atoms with Gasteiger partial charge in [0.2, 0.25) is 0 Å². The van der Waals surface area contributed by atoms with Gasteiger partial charge in [-0.2, -0.15) is 0 Å². The van der Waals surface area contributed by atoms with Crippen LogP contribution in [0.3, 0.4) is 0 Å². The molecule has 6 heteroatoms. The first kappa shape index (κ1) is 16.2. The van der Waals surface area contributed by atoms with Crippen LogP contribution in [0.2, 0.25) is 0 Å². The molecule has 0 aromatic heterocycles. The molecule has 6 nitrogen and oxygen atoms in total. The topological polar surface area (TPSA) is 89.9 Å². The fourth-order valence-electron chi connectivity index (χ4n) is 2.58. The van der Waals surface area contributed by atoms with Crippen LogP contribution in [0.1, 0.15) is 26.3 Å². The summed E-state index contributed by atoms with van der Waals surface area (Å²) in [5, 5.41) is 21.1. The molecule has 24 heavy (non-hydrogen) atoms. The average Bonchev–Trinajstić information content (AvgIpc) is 2.84.